The fourth-order valence-electron chi connectivity index (χ4n) is 1.87. The summed E-state index contributed by atoms with van der Waals surface area (Å²) in [5.41, 5.74) is 3.44. The third kappa shape index (κ3) is 3.39. The Hall–Kier alpha value is -1.81. The Bertz CT molecular complexity index is 580. The summed E-state index contributed by atoms with van der Waals surface area (Å²) in [6, 6.07) is 10.1. The Morgan fingerprint density at radius 1 is 1.20 bits per heavy atom. The van der Waals surface area contributed by atoms with Crippen LogP contribution in [0.15, 0.2) is 30.3 Å². The van der Waals surface area contributed by atoms with Gasteiger partial charge in [-0.25, -0.2) is 0 Å². The maximum Gasteiger partial charge on any atom is 0.261 e. The number of amides is 1. The van der Waals surface area contributed by atoms with Gasteiger partial charge in [0.2, 0.25) is 0 Å². The van der Waals surface area contributed by atoms with Crippen molar-refractivity contribution in [3.63, 3.8) is 0 Å². The van der Waals surface area contributed by atoms with Gasteiger partial charge in [-0.05, 0) is 43.2 Å². The van der Waals surface area contributed by atoms with E-state index in [0.29, 0.717) is 6.54 Å². The lowest BCUT2D eigenvalue weighted by atomic mass is 10.2. The Kier molecular flexibility index (Phi) is 4.45. The second kappa shape index (κ2) is 6.09. The molecule has 1 amide bonds. The molecule has 0 saturated carbocycles. The van der Waals surface area contributed by atoms with Crippen LogP contribution in [0.2, 0.25) is 0 Å². The minimum absolute atomic E-state index is 0.00267. The molecular formula is C16H20N2OS. The van der Waals surface area contributed by atoms with Gasteiger partial charge in [-0.15, -0.1) is 11.3 Å². The number of anilines is 1. The summed E-state index contributed by atoms with van der Waals surface area (Å²) in [5, 5.41) is 2.96. The highest BCUT2D eigenvalue weighted by atomic mass is 32.1. The molecular weight excluding hydrogens is 268 g/mol. The van der Waals surface area contributed by atoms with Gasteiger partial charge in [-0.2, -0.15) is 0 Å². The van der Waals surface area contributed by atoms with Gasteiger partial charge in [0.15, 0.2) is 0 Å². The zero-order valence-corrected chi connectivity index (χ0v) is 13.2. The van der Waals surface area contributed by atoms with Crippen LogP contribution >= 0.6 is 11.3 Å². The lowest BCUT2D eigenvalue weighted by molar-refractivity contribution is 0.0955. The van der Waals surface area contributed by atoms with E-state index < -0.39 is 0 Å². The van der Waals surface area contributed by atoms with Crippen LogP contribution < -0.4 is 10.2 Å². The third-order valence-electron chi connectivity index (χ3n) is 3.30. The average Bonchev–Trinajstić information content (AvgIpc) is 2.76. The predicted octanol–water partition coefficient (Wildman–Crippen LogP) is 3.36. The number of rotatable bonds is 4. The van der Waals surface area contributed by atoms with Crippen molar-refractivity contribution in [2.75, 3.05) is 19.0 Å². The summed E-state index contributed by atoms with van der Waals surface area (Å²) in [7, 11) is 4.02. The van der Waals surface area contributed by atoms with E-state index in [9.17, 15) is 4.79 Å². The molecule has 4 heteroatoms. The molecule has 1 aromatic heterocycles. The van der Waals surface area contributed by atoms with Crippen LogP contribution in [0.5, 0.6) is 0 Å². The maximum atomic E-state index is 12.0. The van der Waals surface area contributed by atoms with Crippen molar-refractivity contribution in [1.82, 2.24) is 5.32 Å². The van der Waals surface area contributed by atoms with Crippen molar-refractivity contribution >= 4 is 22.9 Å². The monoisotopic (exact) mass is 288 g/mol. The maximum absolute atomic E-state index is 12.0. The second-order valence-corrected chi connectivity index (χ2v) is 6.35. The van der Waals surface area contributed by atoms with Crippen molar-refractivity contribution in [1.29, 1.82) is 0 Å². The molecule has 2 rings (SSSR count). The number of hydrogen-bond donors (Lipinski definition) is 1. The van der Waals surface area contributed by atoms with E-state index in [4.69, 9.17) is 0 Å². The van der Waals surface area contributed by atoms with Crippen LogP contribution in [-0.4, -0.2) is 20.0 Å². The predicted molar refractivity (Wildman–Crippen MR) is 85.7 cm³/mol. The summed E-state index contributed by atoms with van der Waals surface area (Å²) in [6.45, 7) is 4.63. The molecule has 0 unspecified atom stereocenters. The first-order chi connectivity index (χ1) is 9.47. The first-order valence-corrected chi connectivity index (χ1v) is 7.40. The molecule has 3 nitrogen and oxygen atoms in total. The van der Waals surface area contributed by atoms with E-state index >= 15 is 0 Å². The van der Waals surface area contributed by atoms with Crippen LogP contribution in [0.1, 0.15) is 25.7 Å². The van der Waals surface area contributed by atoms with Crippen LogP contribution in [0.25, 0.3) is 0 Å². The van der Waals surface area contributed by atoms with Gasteiger partial charge in [-0.3, -0.25) is 4.79 Å². The van der Waals surface area contributed by atoms with Gasteiger partial charge >= 0.3 is 0 Å². The summed E-state index contributed by atoms with van der Waals surface area (Å²) >= 11 is 1.55. The summed E-state index contributed by atoms with van der Waals surface area (Å²) in [5.74, 6) is 0.00267. The number of nitrogens with one attached hydrogen (secondary N) is 1. The highest BCUT2D eigenvalue weighted by molar-refractivity contribution is 7.14. The van der Waals surface area contributed by atoms with Crippen molar-refractivity contribution < 1.29 is 4.79 Å². The molecule has 0 aliphatic rings. The number of nitrogens with zero attached hydrogens (tertiary/aromatic N) is 1. The van der Waals surface area contributed by atoms with Crippen molar-refractivity contribution in [2.24, 2.45) is 0 Å². The lowest BCUT2D eigenvalue weighted by Gasteiger charge is -2.12. The topological polar surface area (TPSA) is 32.3 Å². The first kappa shape index (κ1) is 14.6. The molecule has 0 aliphatic heterocycles. The van der Waals surface area contributed by atoms with E-state index in [2.05, 4.69) is 22.3 Å². The van der Waals surface area contributed by atoms with Gasteiger partial charge in [0, 0.05) is 31.2 Å². The highest BCUT2D eigenvalue weighted by Gasteiger charge is 2.09. The standard InChI is InChI=1S/C16H20N2OS/c1-11-9-15(20-12(11)2)16(19)17-10-13-5-7-14(8-6-13)18(3)4/h5-9H,10H2,1-4H3,(H,17,19). The van der Waals surface area contributed by atoms with E-state index in [1.165, 1.54) is 10.4 Å². The van der Waals surface area contributed by atoms with Crippen LogP contribution in [-0.2, 0) is 6.54 Å². The van der Waals surface area contributed by atoms with Gasteiger partial charge in [0.25, 0.3) is 5.91 Å². The van der Waals surface area contributed by atoms with Crippen LogP contribution in [0.4, 0.5) is 5.69 Å². The Labute approximate surface area is 124 Å². The van der Waals surface area contributed by atoms with Crippen molar-refractivity contribution in [3.05, 3.63) is 51.2 Å². The largest absolute Gasteiger partial charge is 0.378 e. The van der Waals surface area contributed by atoms with Gasteiger partial charge in [0.1, 0.15) is 0 Å². The molecule has 2 aromatic rings. The quantitative estimate of drug-likeness (QED) is 0.935. The highest BCUT2D eigenvalue weighted by Crippen LogP contribution is 2.20. The molecule has 0 fully saturated rings. The molecule has 0 saturated heterocycles. The van der Waals surface area contributed by atoms with E-state index in [0.717, 1.165) is 16.1 Å². The molecule has 0 radical (unpaired) electrons. The fourth-order valence-corrected chi connectivity index (χ4v) is 2.82. The number of benzene rings is 1. The molecule has 0 aliphatic carbocycles. The number of hydrogen-bond acceptors (Lipinski definition) is 3. The Morgan fingerprint density at radius 2 is 1.85 bits per heavy atom. The minimum Gasteiger partial charge on any atom is -0.378 e. The average molecular weight is 288 g/mol. The van der Waals surface area contributed by atoms with Crippen molar-refractivity contribution in [2.45, 2.75) is 20.4 Å². The number of aryl methyl sites for hydroxylation is 2. The van der Waals surface area contributed by atoms with Gasteiger partial charge in [0.05, 0.1) is 4.88 Å². The van der Waals surface area contributed by atoms with E-state index in [-0.39, 0.29) is 5.91 Å². The molecule has 1 aromatic carbocycles. The third-order valence-corrected chi connectivity index (χ3v) is 4.45. The molecule has 20 heavy (non-hydrogen) atoms. The molecule has 0 spiro atoms. The normalized spacial score (nSPS) is 10.4. The number of carbonyl (C=O) groups is 1. The van der Waals surface area contributed by atoms with Gasteiger partial charge in [-0.1, -0.05) is 12.1 Å². The Morgan fingerprint density at radius 3 is 2.35 bits per heavy atom. The molecule has 0 atom stereocenters. The van der Waals surface area contributed by atoms with Crippen LogP contribution in [0, 0.1) is 13.8 Å². The summed E-state index contributed by atoms with van der Waals surface area (Å²) in [6.07, 6.45) is 0. The molecule has 106 valence electrons. The van der Waals surface area contributed by atoms with Crippen molar-refractivity contribution in [3.8, 4) is 0 Å². The van der Waals surface area contributed by atoms with Gasteiger partial charge < -0.3 is 10.2 Å². The minimum atomic E-state index is 0.00267. The summed E-state index contributed by atoms with van der Waals surface area (Å²) in [4.78, 5) is 16.1. The zero-order valence-electron chi connectivity index (χ0n) is 12.4. The second-order valence-electron chi connectivity index (χ2n) is 5.09. The molecule has 1 N–H and O–H groups in total. The number of thiophene rings is 1. The summed E-state index contributed by atoms with van der Waals surface area (Å²) < 4.78 is 0. The van der Waals surface area contributed by atoms with Crippen LogP contribution in [0.3, 0.4) is 0 Å². The number of carbonyl (C=O) groups excluding carboxylic acids is 1. The Balaban J connectivity index is 1.96. The lowest BCUT2D eigenvalue weighted by Crippen LogP contribution is -2.21. The smallest absolute Gasteiger partial charge is 0.261 e. The SMILES string of the molecule is Cc1cc(C(=O)NCc2ccc(N(C)C)cc2)sc1C. The zero-order chi connectivity index (χ0) is 14.7. The van der Waals surface area contributed by atoms with E-state index in [1.807, 2.05) is 46.1 Å². The molecule has 1 heterocycles. The molecule has 0 bridgehead atoms. The fraction of sp³-hybridized carbons (Fsp3) is 0.312. The first-order valence-electron chi connectivity index (χ1n) is 6.59. The van der Waals surface area contributed by atoms with E-state index in [1.54, 1.807) is 11.3 Å².